The standard InChI is InChI=1S/C13H21NO3/c1-6-8-10-14(11(15)9-7-2)12(16)17-13(3,4)5/h6-9H,10H2,1-5H3/b8-6+,9-7+. The van der Waals surface area contributed by atoms with Crippen LogP contribution in [0.15, 0.2) is 24.3 Å². The summed E-state index contributed by atoms with van der Waals surface area (Å²) in [6.07, 6.45) is 5.81. The first-order valence-electron chi connectivity index (χ1n) is 5.60. The molecule has 0 rings (SSSR count). The molecule has 0 radical (unpaired) electrons. The Morgan fingerprint density at radius 3 is 2.18 bits per heavy atom. The van der Waals surface area contributed by atoms with Gasteiger partial charge in [-0.2, -0.15) is 0 Å². The molecule has 0 aromatic heterocycles. The van der Waals surface area contributed by atoms with Gasteiger partial charge in [-0.1, -0.05) is 18.2 Å². The second kappa shape index (κ2) is 6.89. The zero-order valence-corrected chi connectivity index (χ0v) is 11.2. The third kappa shape index (κ3) is 6.56. The molecule has 2 amide bonds. The number of carbonyl (C=O) groups excluding carboxylic acids is 2. The van der Waals surface area contributed by atoms with Gasteiger partial charge in [0.25, 0.3) is 5.91 Å². The van der Waals surface area contributed by atoms with Crippen molar-refractivity contribution >= 4 is 12.0 Å². The number of carbonyl (C=O) groups is 2. The topological polar surface area (TPSA) is 46.6 Å². The number of amides is 2. The van der Waals surface area contributed by atoms with Crippen LogP contribution >= 0.6 is 0 Å². The highest BCUT2D eigenvalue weighted by atomic mass is 16.6. The Morgan fingerprint density at radius 2 is 1.76 bits per heavy atom. The molecule has 0 aliphatic carbocycles. The summed E-state index contributed by atoms with van der Waals surface area (Å²) in [4.78, 5) is 24.5. The molecule has 0 atom stereocenters. The average molecular weight is 239 g/mol. The van der Waals surface area contributed by atoms with E-state index < -0.39 is 11.7 Å². The number of allylic oxidation sites excluding steroid dienone is 2. The maximum Gasteiger partial charge on any atom is 0.417 e. The molecule has 17 heavy (non-hydrogen) atoms. The summed E-state index contributed by atoms with van der Waals surface area (Å²) in [5.41, 5.74) is -0.610. The lowest BCUT2D eigenvalue weighted by Gasteiger charge is -2.24. The number of nitrogens with zero attached hydrogens (tertiary/aromatic N) is 1. The first-order valence-corrected chi connectivity index (χ1v) is 5.60. The van der Waals surface area contributed by atoms with E-state index in [1.807, 2.05) is 6.92 Å². The molecule has 4 heteroatoms. The second-order valence-corrected chi connectivity index (χ2v) is 4.50. The van der Waals surface area contributed by atoms with Crippen molar-refractivity contribution in [2.24, 2.45) is 0 Å². The van der Waals surface area contributed by atoms with E-state index in [1.54, 1.807) is 45.9 Å². The Balaban J connectivity index is 4.79. The third-order valence-corrected chi connectivity index (χ3v) is 1.71. The van der Waals surface area contributed by atoms with Crippen LogP contribution in [0.1, 0.15) is 34.6 Å². The summed E-state index contributed by atoms with van der Waals surface area (Å²) < 4.78 is 5.16. The van der Waals surface area contributed by atoms with E-state index >= 15 is 0 Å². The smallest absolute Gasteiger partial charge is 0.417 e. The van der Waals surface area contributed by atoms with Gasteiger partial charge in [0.2, 0.25) is 0 Å². The number of imide groups is 1. The SMILES string of the molecule is C/C=C/CN(C(=O)/C=C/C)C(=O)OC(C)(C)C. The number of ether oxygens (including phenoxy) is 1. The van der Waals surface area contributed by atoms with Crippen molar-refractivity contribution in [3.8, 4) is 0 Å². The fraction of sp³-hybridized carbons (Fsp3) is 0.538. The van der Waals surface area contributed by atoms with Crippen LogP contribution in [0.4, 0.5) is 4.79 Å². The van der Waals surface area contributed by atoms with Crippen molar-refractivity contribution in [1.29, 1.82) is 0 Å². The summed E-state index contributed by atoms with van der Waals surface area (Å²) >= 11 is 0. The van der Waals surface area contributed by atoms with Gasteiger partial charge in [0.15, 0.2) is 0 Å². The van der Waals surface area contributed by atoms with Crippen LogP contribution in [0.2, 0.25) is 0 Å². The van der Waals surface area contributed by atoms with Gasteiger partial charge in [0.05, 0.1) is 6.54 Å². The van der Waals surface area contributed by atoms with Gasteiger partial charge in [-0.3, -0.25) is 4.79 Å². The quantitative estimate of drug-likeness (QED) is 0.562. The van der Waals surface area contributed by atoms with Crippen LogP contribution < -0.4 is 0 Å². The van der Waals surface area contributed by atoms with Crippen LogP contribution in [0.25, 0.3) is 0 Å². The highest BCUT2D eigenvalue weighted by molar-refractivity contribution is 5.98. The minimum Gasteiger partial charge on any atom is -0.443 e. The number of hydrogen-bond acceptors (Lipinski definition) is 3. The third-order valence-electron chi connectivity index (χ3n) is 1.71. The fourth-order valence-corrected chi connectivity index (χ4v) is 1.01. The van der Waals surface area contributed by atoms with Crippen molar-refractivity contribution in [1.82, 2.24) is 4.90 Å². The summed E-state index contributed by atoms with van der Waals surface area (Å²) in [5, 5.41) is 0. The fourth-order valence-electron chi connectivity index (χ4n) is 1.01. The molecule has 0 aliphatic rings. The molecule has 0 unspecified atom stereocenters. The lowest BCUT2D eigenvalue weighted by atomic mass is 10.2. The van der Waals surface area contributed by atoms with E-state index in [1.165, 1.54) is 6.08 Å². The highest BCUT2D eigenvalue weighted by Crippen LogP contribution is 2.10. The molecule has 0 bridgehead atoms. The van der Waals surface area contributed by atoms with E-state index in [0.717, 1.165) is 4.90 Å². The van der Waals surface area contributed by atoms with Crippen molar-refractivity contribution in [2.45, 2.75) is 40.2 Å². The average Bonchev–Trinajstić information content (AvgIpc) is 2.15. The molecule has 0 spiro atoms. The van der Waals surface area contributed by atoms with Crippen molar-refractivity contribution < 1.29 is 14.3 Å². The van der Waals surface area contributed by atoms with Gasteiger partial charge in [-0.15, -0.1) is 0 Å². The predicted molar refractivity (Wildman–Crippen MR) is 67.6 cm³/mol. The first-order chi connectivity index (χ1) is 7.81. The van der Waals surface area contributed by atoms with E-state index in [2.05, 4.69) is 0 Å². The van der Waals surface area contributed by atoms with E-state index in [0.29, 0.717) is 0 Å². The Bertz CT molecular complexity index is 324. The maximum absolute atomic E-state index is 11.8. The zero-order valence-electron chi connectivity index (χ0n) is 11.2. The monoisotopic (exact) mass is 239 g/mol. The maximum atomic E-state index is 11.8. The molecule has 0 aromatic carbocycles. The summed E-state index contributed by atoms with van der Waals surface area (Å²) in [7, 11) is 0. The van der Waals surface area contributed by atoms with Crippen LogP contribution in [0.3, 0.4) is 0 Å². The molecule has 0 aromatic rings. The van der Waals surface area contributed by atoms with Crippen molar-refractivity contribution in [2.75, 3.05) is 6.54 Å². The molecular formula is C13H21NO3. The van der Waals surface area contributed by atoms with Crippen LogP contribution in [-0.4, -0.2) is 29.0 Å². The highest BCUT2D eigenvalue weighted by Gasteiger charge is 2.24. The van der Waals surface area contributed by atoms with Crippen molar-refractivity contribution in [3.63, 3.8) is 0 Å². The second-order valence-electron chi connectivity index (χ2n) is 4.50. The molecule has 0 fully saturated rings. The summed E-state index contributed by atoms with van der Waals surface area (Å²) in [6.45, 7) is 9.06. The van der Waals surface area contributed by atoms with Crippen LogP contribution in [-0.2, 0) is 9.53 Å². The minimum absolute atomic E-state index is 0.217. The van der Waals surface area contributed by atoms with E-state index in [4.69, 9.17) is 4.74 Å². The predicted octanol–water partition coefficient (Wildman–Crippen LogP) is 2.90. The Labute approximate surface area is 103 Å². The molecule has 0 aliphatic heterocycles. The van der Waals surface area contributed by atoms with Crippen LogP contribution in [0, 0.1) is 0 Å². The van der Waals surface area contributed by atoms with Gasteiger partial charge in [0, 0.05) is 0 Å². The molecule has 0 saturated carbocycles. The molecule has 96 valence electrons. The lowest BCUT2D eigenvalue weighted by molar-refractivity contribution is -0.124. The number of rotatable bonds is 3. The molecule has 4 nitrogen and oxygen atoms in total. The van der Waals surface area contributed by atoms with Gasteiger partial charge < -0.3 is 4.74 Å². The molecule has 0 heterocycles. The van der Waals surface area contributed by atoms with Gasteiger partial charge in [0.1, 0.15) is 5.60 Å². The summed E-state index contributed by atoms with van der Waals surface area (Å²) in [5.74, 6) is -0.375. The zero-order chi connectivity index (χ0) is 13.5. The van der Waals surface area contributed by atoms with Crippen LogP contribution in [0.5, 0.6) is 0 Å². The molecule has 0 N–H and O–H groups in total. The van der Waals surface area contributed by atoms with Gasteiger partial charge in [-0.25, -0.2) is 9.69 Å². The Kier molecular flexibility index (Phi) is 6.25. The molecular weight excluding hydrogens is 218 g/mol. The normalized spacial score (nSPS) is 12.1. The largest absolute Gasteiger partial charge is 0.443 e. The van der Waals surface area contributed by atoms with E-state index in [-0.39, 0.29) is 12.5 Å². The van der Waals surface area contributed by atoms with Crippen molar-refractivity contribution in [3.05, 3.63) is 24.3 Å². The van der Waals surface area contributed by atoms with E-state index in [9.17, 15) is 9.59 Å². The van der Waals surface area contributed by atoms with Gasteiger partial charge in [-0.05, 0) is 40.7 Å². The lowest BCUT2D eigenvalue weighted by Crippen LogP contribution is -2.40. The summed E-state index contributed by atoms with van der Waals surface area (Å²) in [6, 6.07) is 0. The Morgan fingerprint density at radius 1 is 1.18 bits per heavy atom. The minimum atomic E-state index is -0.626. The number of hydrogen-bond donors (Lipinski definition) is 0. The first kappa shape index (κ1) is 15.4. The van der Waals surface area contributed by atoms with Gasteiger partial charge >= 0.3 is 6.09 Å². The Hall–Kier alpha value is -1.58. The molecule has 0 saturated heterocycles.